The Hall–Kier alpha value is -2.08. The van der Waals surface area contributed by atoms with Gasteiger partial charge in [0.1, 0.15) is 5.75 Å². The molecule has 1 aromatic carbocycles. The van der Waals surface area contributed by atoms with Gasteiger partial charge < -0.3 is 20.3 Å². The smallest absolute Gasteiger partial charge is 0.260 e. The first-order valence-corrected chi connectivity index (χ1v) is 7.15. The second kappa shape index (κ2) is 7.64. The summed E-state index contributed by atoms with van der Waals surface area (Å²) in [6.07, 6.45) is 0.953. The Morgan fingerprint density at radius 2 is 2.10 bits per heavy atom. The molecule has 0 saturated carbocycles. The van der Waals surface area contributed by atoms with E-state index in [1.54, 1.807) is 29.2 Å². The first kappa shape index (κ1) is 15.3. The minimum atomic E-state index is -0.170. The van der Waals surface area contributed by atoms with Crippen LogP contribution < -0.4 is 15.4 Å². The molecule has 0 atom stereocenters. The molecule has 1 aliphatic heterocycles. The highest BCUT2D eigenvalue weighted by atomic mass is 16.5. The third kappa shape index (κ3) is 4.75. The van der Waals surface area contributed by atoms with Gasteiger partial charge in [0.15, 0.2) is 6.61 Å². The molecular weight excluding hydrogens is 270 g/mol. The molecule has 2 rings (SSSR count). The molecule has 0 radical (unpaired) electrons. The van der Waals surface area contributed by atoms with Crippen molar-refractivity contribution in [1.82, 2.24) is 10.2 Å². The van der Waals surface area contributed by atoms with Gasteiger partial charge in [-0.05, 0) is 25.1 Å². The largest absolute Gasteiger partial charge is 0.482 e. The van der Waals surface area contributed by atoms with Crippen LogP contribution in [-0.4, -0.2) is 49.5 Å². The number of amides is 2. The van der Waals surface area contributed by atoms with Gasteiger partial charge in [0.25, 0.3) is 5.91 Å². The number of nitrogens with zero attached hydrogens (tertiary/aromatic N) is 1. The lowest BCUT2D eigenvalue weighted by Crippen LogP contribution is -2.37. The Morgan fingerprint density at radius 3 is 2.90 bits per heavy atom. The van der Waals surface area contributed by atoms with Gasteiger partial charge in [0.05, 0.1) is 5.69 Å². The van der Waals surface area contributed by atoms with Gasteiger partial charge in [-0.15, -0.1) is 0 Å². The molecule has 0 bridgehead atoms. The number of benzene rings is 1. The minimum Gasteiger partial charge on any atom is -0.482 e. The van der Waals surface area contributed by atoms with E-state index in [9.17, 15) is 9.59 Å². The number of anilines is 1. The van der Waals surface area contributed by atoms with E-state index in [1.165, 1.54) is 6.92 Å². The molecule has 0 spiro atoms. The summed E-state index contributed by atoms with van der Waals surface area (Å²) in [5.41, 5.74) is 0.579. The molecule has 1 saturated heterocycles. The van der Waals surface area contributed by atoms with E-state index in [0.29, 0.717) is 18.0 Å². The molecule has 21 heavy (non-hydrogen) atoms. The van der Waals surface area contributed by atoms with Gasteiger partial charge in [0.2, 0.25) is 5.91 Å². The van der Waals surface area contributed by atoms with Crippen molar-refractivity contribution in [3.8, 4) is 5.75 Å². The predicted octanol–water partition coefficient (Wildman–Crippen LogP) is 0.846. The Morgan fingerprint density at radius 1 is 1.29 bits per heavy atom. The molecule has 1 aromatic rings. The molecular formula is C15H21N3O3. The van der Waals surface area contributed by atoms with Crippen molar-refractivity contribution in [3.63, 3.8) is 0 Å². The summed E-state index contributed by atoms with van der Waals surface area (Å²) in [7, 11) is 0. The highest BCUT2D eigenvalue weighted by Crippen LogP contribution is 2.23. The summed E-state index contributed by atoms with van der Waals surface area (Å²) in [4.78, 5) is 25.1. The maximum absolute atomic E-state index is 12.1. The van der Waals surface area contributed by atoms with E-state index in [4.69, 9.17) is 4.74 Å². The van der Waals surface area contributed by atoms with Gasteiger partial charge in [0, 0.05) is 26.6 Å². The van der Waals surface area contributed by atoms with Crippen LogP contribution in [0.3, 0.4) is 0 Å². The fraction of sp³-hybridized carbons (Fsp3) is 0.467. The molecule has 114 valence electrons. The topological polar surface area (TPSA) is 70.7 Å². The van der Waals surface area contributed by atoms with Crippen molar-refractivity contribution in [2.24, 2.45) is 0 Å². The van der Waals surface area contributed by atoms with Crippen LogP contribution in [-0.2, 0) is 9.59 Å². The molecule has 0 aliphatic carbocycles. The highest BCUT2D eigenvalue weighted by molar-refractivity contribution is 5.90. The molecule has 2 amide bonds. The summed E-state index contributed by atoms with van der Waals surface area (Å²) >= 11 is 0. The Bertz CT molecular complexity index is 497. The lowest BCUT2D eigenvalue weighted by atomic mass is 10.3. The lowest BCUT2D eigenvalue weighted by molar-refractivity contribution is -0.133. The maximum Gasteiger partial charge on any atom is 0.260 e. The van der Waals surface area contributed by atoms with E-state index in [0.717, 1.165) is 26.1 Å². The third-order valence-electron chi connectivity index (χ3n) is 3.24. The molecule has 1 heterocycles. The maximum atomic E-state index is 12.1. The second-order valence-corrected chi connectivity index (χ2v) is 4.95. The van der Waals surface area contributed by atoms with E-state index in [-0.39, 0.29) is 18.4 Å². The number of carbonyl (C=O) groups is 2. The summed E-state index contributed by atoms with van der Waals surface area (Å²) in [6, 6.07) is 7.10. The average molecular weight is 291 g/mol. The molecule has 0 aromatic heterocycles. The number of hydrogen-bond acceptors (Lipinski definition) is 4. The number of hydrogen-bond donors (Lipinski definition) is 2. The van der Waals surface area contributed by atoms with Crippen LogP contribution in [0.25, 0.3) is 0 Å². The van der Waals surface area contributed by atoms with Gasteiger partial charge in [-0.3, -0.25) is 9.59 Å². The van der Waals surface area contributed by atoms with Crippen LogP contribution in [0.15, 0.2) is 24.3 Å². The van der Waals surface area contributed by atoms with Crippen LogP contribution in [0.1, 0.15) is 13.3 Å². The number of para-hydroxylation sites is 2. The van der Waals surface area contributed by atoms with Crippen LogP contribution in [0, 0.1) is 0 Å². The van der Waals surface area contributed by atoms with Crippen molar-refractivity contribution in [3.05, 3.63) is 24.3 Å². The lowest BCUT2D eigenvalue weighted by Gasteiger charge is -2.20. The van der Waals surface area contributed by atoms with Gasteiger partial charge >= 0.3 is 0 Å². The van der Waals surface area contributed by atoms with Crippen molar-refractivity contribution in [2.75, 3.05) is 38.1 Å². The zero-order chi connectivity index (χ0) is 15.1. The van der Waals surface area contributed by atoms with Crippen LogP contribution in [0.5, 0.6) is 5.75 Å². The van der Waals surface area contributed by atoms with Gasteiger partial charge in [-0.25, -0.2) is 0 Å². The number of rotatable bonds is 4. The zero-order valence-electron chi connectivity index (χ0n) is 12.2. The van der Waals surface area contributed by atoms with Crippen molar-refractivity contribution < 1.29 is 14.3 Å². The highest BCUT2D eigenvalue weighted by Gasteiger charge is 2.16. The van der Waals surface area contributed by atoms with Crippen molar-refractivity contribution in [2.45, 2.75) is 13.3 Å². The number of ether oxygens (including phenoxy) is 1. The fourth-order valence-corrected chi connectivity index (χ4v) is 2.21. The summed E-state index contributed by atoms with van der Waals surface area (Å²) in [6.45, 7) is 4.63. The normalized spacial score (nSPS) is 15.2. The first-order valence-electron chi connectivity index (χ1n) is 7.15. The minimum absolute atomic E-state index is 0.0173. The average Bonchev–Trinajstić information content (AvgIpc) is 2.74. The second-order valence-electron chi connectivity index (χ2n) is 4.95. The standard InChI is InChI=1S/C15H21N3O3/c1-12(19)17-13-5-2-3-6-14(13)21-11-15(20)18-9-4-7-16-8-10-18/h2-3,5-6,16H,4,7-11H2,1H3,(H,17,19). The Kier molecular flexibility index (Phi) is 5.57. The monoisotopic (exact) mass is 291 g/mol. The molecule has 2 N–H and O–H groups in total. The van der Waals surface area contributed by atoms with Crippen molar-refractivity contribution >= 4 is 17.5 Å². The van der Waals surface area contributed by atoms with Crippen LogP contribution in [0.2, 0.25) is 0 Å². The van der Waals surface area contributed by atoms with Crippen LogP contribution >= 0.6 is 0 Å². The molecule has 6 heteroatoms. The first-order chi connectivity index (χ1) is 10.2. The Balaban J connectivity index is 1.92. The zero-order valence-corrected chi connectivity index (χ0v) is 12.2. The van der Waals surface area contributed by atoms with Gasteiger partial charge in [-0.1, -0.05) is 12.1 Å². The van der Waals surface area contributed by atoms with Crippen LogP contribution in [0.4, 0.5) is 5.69 Å². The van der Waals surface area contributed by atoms with Crippen molar-refractivity contribution in [1.29, 1.82) is 0 Å². The summed E-state index contributed by atoms with van der Waals surface area (Å²) in [5.74, 6) is 0.307. The molecule has 6 nitrogen and oxygen atoms in total. The fourth-order valence-electron chi connectivity index (χ4n) is 2.21. The SMILES string of the molecule is CC(=O)Nc1ccccc1OCC(=O)N1CCCNCC1. The number of carbonyl (C=O) groups excluding carboxylic acids is 2. The molecule has 1 aliphatic rings. The van der Waals surface area contributed by atoms with E-state index in [2.05, 4.69) is 10.6 Å². The Labute approximate surface area is 124 Å². The predicted molar refractivity (Wildman–Crippen MR) is 80.3 cm³/mol. The van der Waals surface area contributed by atoms with E-state index >= 15 is 0 Å². The third-order valence-corrected chi connectivity index (χ3v) is 3.24. The molecule has 0 unspecified atom stereocenters. The van der Waals surface area contributed by atoms with E-state index in [1.807, 2.05) is 0 Å². The summed E-state index contributed by atoms with van der Waals surface area (Å²) in [5, 5.41) is 5.94. The quantitative estimate of drug-likeness (QED) is 0.862. The van der Waals surface area contributed by atoms with E-state index < -0.39 is 0 Å². The number of nitrogens with one attached hydrogen (secondary N) is 2. The van der Waals surface area contributed by atoms with Gasteiger partial charge in [-0.2, -0.15) is 0 Å². The summed E-state index contributed by atoms with van der Waals surface area (Å²) < 4.78 is 5.57. The molecule has 1 fully saturated rings.